The maximum atomic E-state index is 12.8. The third-order valence-electron chi connectivity index (χ3n) is 2.10. The van der Waals surface area contributed by atoms with Gasteiger partial charge in [-0.05, 0) is 29.5 Å². The highest BCUT2D eigenvalue weighted by Gasteiger charge is 2.39. The molecule has 0 amide bonds. The fourth-order valence-corrected chi connectivity index (χ4v) is 2.09. The highest BCUT2D eigenvalue weighted by molar-refractivity contribution is 14.1. The average molecular weight is 443 g/mol. The number of rotatable bonds is 4. The third-order valence-corrected chi connectivity index (χ3v) is 3.14. The number of hydrogen-bond acceptors (Lipinski definition) is 4. The summed E-state index contributed by atoms with van der Waals surface area (Å²) in [5.74, 6) is -1.99. The van der Waals surface area contributed by atoms with Gasteiger partial charge in [0.15, 0.2) is 5.69 Å². The number of nitrogens with zero attached hydrogens (tertiary/aromatic N) is 1. The van der Waals surface area contributed by atoms with Gasteiger partial charge >= 0.3 is 18.5 Å². The molecule has 1 aromatic rings. The molecule has 0 aliphatic heterocycles. The van der Waals surface area contributed by atoms with Gasteiger partial charge in [-0.3, -0.25) is 4.79 Å². The molecule has 1 rings (SSSR count). The van der Waals surface area contributed by atoms with E-state index in [1.54, 1.807) is 0 Å². The van der Waals surface area contributed by atoms with Crippen LogP contribution >= 0.6 is 22.6 Å². The molecular formula is C11H8F6INO3. The lowest BCUT2D eigenvalue weighted by molar-refractivity contribution is -0.275. The third kappa shape index (κ3) is 5.50. The predicted molar refractivity (Wildman–Crippen MR) is 69.0 cm³/mol. The Bertz CT molecular complexity index is 558. The molecule has 0 radical (unpaired) electrons. The van der Waals surface area contributed by atoms with Crippen molar-refractivity contribution in [3.63, 3.8) is 0 Å². The summed E-state index contributed by atoms with van der Waals surface area (Å²) >= 11 is 1.05. The summed E-state index contributed by atoms with van der Waals surface area (Å²) in [5.41, 5.74) is -2.10. The second kappa shape index (κ2) is 6.87. The lowest BCUT2D eigenvalue weighted by Gasteiger charge is -2.16. The Kier molecular flexibility index (Phi) is 5.87. The predicted octanol–water partition coefficient (Wildman–Crippen LogP) is 3.71. The van der Waals surface area contributed by atoms with Crippen LogP contribution in [0.15, 0.2) is 6.07 Å². The molecule has 1 heterocycles. The molecular weight excluding hydrogens is 435 g/mol. The minimum absolute atomic E-state index is 0.0266. The first-order valence-electron chi connectivity index (χ1n) is 5.62. The number of aromatic nitrogens is 1. The van der Waals surface area contributed by atoms with Crippen LogP contribution in [0.3, 0.4) is 0 Å². The molecule has 0 fully saturated rings. The summed E-state index contributed by atoms with van der Waals surface area (Å²) < 4.78 is 82.4. The Labute approximate surface area is 133 Å². The van der Waals surface area contributed by atoms with Crippen molar-refractivity contribution < 1.29 is 40.6 Å². The van der Waals surface area contributed by atoms with E-state index in [1.165, 1.54) is 6.92 Å². The molecule has 124 valence electrons. The fraction of sp³-hybridized carbons (Fsp3) is 0.455. The van der Waals surface area contributed by atoms with Crippen LogP contribution < -0.4 is 4.74 Å². The first-order chi connectivity index (χ1) is 9.94. The molecule has 0 spiro atoms. The summed E-state index contributed by atoms with van der Waals surface area (Å²) in [6.07, 6.45) is -10.9. The largest absolute Gasteiger partial charge is 0.573 e. The Hall–Kier alpha value is -1.27. The van der Waals surface area contributed by atoms with Crippen LogP contribution in [0, 0.1) is 3.57 Å². The van der Waals surface area contributed by atoms with Crippen LogP contribution in [0.25, 0.3) is 0 Å². The number of carbonyl (C=O) groups is 1. The van der Waals surface area contributed by atoms with E-state index in [4.69, 9.17) is 0 Å². The van der Waals surface area contributed by atoms with Crippen LogP contribution in [0.2, 0.25) is 0 Å². The monoisotopic (exact) mass is 443 g/mol. The van der Waals surface area contributed by atoms with E-state index >= 15 is 0 Å². The second-order valence-corrected chi connectivity index (χ2v) is 4.88. The second-order valence-electron chi connectivity index (χ2n) is 3.80. The summed E-state index contributed by atoms with van der Waals surface area (Å²) in [6.45, 7) is 1.44. The van der Waals surface area contributed by atoms with E-state index in [-0.39, 0.29) is 6.61 Å². The van der Waals surface area contributed by atoms with Crippen molar-refractivity contribution in [3.8, 4) is 5.75 Å². The molecule has 0 saturated heterocycles. The van der Waals surface area contributed by atoms with E-state index in [0.29, 0.717) is 6.07 Å². The molecule has 0 bridgehead atoms. The number of alkyl halides is 6. The van der Waals surface area contributed by atoms with Crippen molar-refractivity contribution in [2.45, 2.75) is 25.9 Å². The van der Waals surface area contributed by atoms with Crippen molar-refractivity contribution in [2.24, 2.45) is 0 Å². The van der Waals surface area contributed by atoms with E-state index in [2.05, 4.69) is 14.5 Å². The number of ether oxygens (including phenoxy) is 2. The molecule has 4 nitrogen and oxygen atoms in total. The van der Waals surface area contributed by atoms with Gasteiger partial charge in [0.1, 0.15) is 5.75 Å². The summed E-state index contributed by atoms with van der Waals surface area (Å²) in [6, 6.07) is 0.626. The molecule has 0 aromatic carbocycles. The van der Waals surface area contributed by atoms with Crippen LogP contribution in [0.5, 0.6) is 5.75 Å². The Morgan fingerprint density at radius 2 is 1.86 bits per heavy atom. The quantitative estimate of drug-likeness (QED) is 0.405. The van der Waals surface area contributed by atoms with Crippen LogP contribution in [0.4, 0.5) is 26.3 Å². The van der Waals surface area contributed by atoms with Gasteiger partial charge in [0.05, 0.1) is 22.3 Å². The van der Waals surface area contributed by atoms with Gasteiger partial charge in [0.25, 0.3) is 0 Å². The SMILES string of the molecule is CCOC(=O)Cc1cc(OC(F)(F)F)c(I)c(C(F)(F)F)n1. The first-order valence-corrected chi connectivity index (χ1v) is 6.70. The fourth-order valence-electron chi connectivity index (χ4n) is 1.39. The lowest BCUT2D eigenvalue weighted by Crippen LogP contribution is -2.21. The molecule has 1 aromatic heterocycles. The van der Waals surface area contributed by atoms with Gasteiger partial charge in [0, 0.05) is 6.07 Å². The van der Waals surface area contributed by atoms with Gasteiger partial charge in [-0.15, -0.1) is 13.2 Å². The maximum Gasteiger partial charge on any atom is 0.573 e. The number of carbonyl (C=O) groups excluding carboxylic acids is 1. The average Bonchev–Trinajstić information content (AvgIpc) is 2.30. The first kappa shape index (κ1) is 18.8. The molecule has 0 N–H and O–H groups in total. The van der Waals surface area contributed by atoms with Gasteiger partial charge in [0.2, 0.25) is 0 Å². The summed E-state index contributed by atoms with van der Waals surface area (Å²) in [4.78, 5) is 14.4. The van der Waals surface area contributed by atoms with Gasteiger partial charge in [-0.1, -0.05) is 0 Å². The van der Waals surface area contributed by atoms with Crippen molar-refractivity contribution in [1.29, 1.82) is 0 Å². The lowest BCUT2D eigenvalue weighted by atomic mass is 10.2. The van der Waals surface area contributed by atoms with E-state index in [1.807, 2.05) is 0 Å². The maximum absolute atomic E-state index is 12.8. The zero-order chi connectivity index (χ0) is 17.1. The standard InChI is InChI=1S/C11H8F6INO3/c1-2-21-7(20)4-5-3-6(22-11(15,16)17)8(18)9(19-5)10(12,13)14/h3H,2,4H2,1H3. The number of esters is 1. The van der Waals surface area contributed by atoms with E-state index in [9.17, 15) is 31.1 Å². The van der Waals surface area contributed by atoms with Crippen LogP contribution in [-0.2, 0) is 22.1 Å². The Balaban J connectivity index is 3.29. The number of hydrogen-bond donors (Lipinski definition) is 0. The topological polar surface area (TPSA) is 48.4 Å². The highest BCUT2D eigenvalue weighted by Crippen LogP contribution is 2.37. The van der Waals surface area contributed by atoms with Crippen molar-refractivity contribution in [2.75, 3.05) is 6.61 Å². The normalized spacial score (nSPS) is 12.2. The van der Waals surface area contributed by atoms with E-state index < -0.39 is 45.6 Å². The summed E-state index contributed by atoms with van der Waals surface area (Å²) in [5, 5.41) is 0. The molecule has 0 aliphatic rings. The minimum Gasteiger partial charge on any atom is -0.466 e. The minimum atomic E-state index is -5.18. The van der Waals surface area contributed by atoms with Crippen molar-refractivity contribution >= 4 is 28.6 Å². The van der Waals surface area contributed by atoms with E-state index in [0.717, 1.165) is 22.6 Å². The van der Waals surface area contributed by atoms with Crippen LogP contribution in [-0.4, -0.2) is 23.9 Å². The molecule has 22 heavy (non-hydrogen) atoms. The van der Waals surface area contributed by atoms with Crippen molar-refractivity contribution in [3.05, 3.63) is 21.0 Å². The van der Waals surface area contributed by atoms with Crippen molar-refractivity contribution in [1.82, 2.24) is 4.98 Å². The molecule has 0 atom stereocenters. The highest BCUT2D eigenvalue weighted by atomic mass is 127. The zero-order valence-electron chi connectivity index (χ0n) is 10.8. The smallest absolute Gasteiger partial charge is 0.466 e. The summed E-state index contributed by atoms with van der Waals surface area (Å²) in [7, 11) is 0. The zero-order valence-corrected chi connectivity index (χ0v) is 13.0. The van der Waals surface area contributed by atoms with Crippen LogP contribution in [0.1, 0.15) is 18.3 Å². The molecule has 0 saturated carbocycles. The Morgan fingerprint density at radius 1 is 1.27 bits per heavy atom. The Morgan fingerprint density at radius 3 is 2.32 bits per heavy atom. The molecule has 11 heteroatoms. The van der Waals surface area contributed by atoms with Gasteiger partial charge in [-0.2, -0.15) is 13.2 Å². The van der Waals surface area contributed by atoms with Gasteiger partial charge < -0.3 is 9.47 Å². The number of pyridine rings is 1. The molecule has 0 unspecified atom stereocenters. The molecule has 0 aliphatic carbocycles. The number of halogens is 7. The van der Waals surface area contributed by atoms with Gasteiger partial charge in [-0.25, -0.2) is 4.98 Å².